The van der Waals surface area contributed by atoms with Gasteiger partial charge in [0.15, 0.2) is 6.81 Å². The van der Waals surface area contributed by atoms with E-state index in [1.165, 1.54) is 12.8 Å². The molecule has 2 heterocycles. The molecule has 0 unspecified atom stereocenters. The van der Waals surface area contributed by atoms with Crippen molar-refractivity contribution < 1.29 is 21.4 Å². The van der Waals surface area contributed by atoms with Gasteiger partial charge in [0.2, 0.25) is 5.88 Å². The molecule has 1 amide bonds. The molecule has 0 radical (unpaired) electrons. The first-order valence-corrected chi connectivity index (χ1v) is 8.84. The number of carbonyl (C=O) groups excluding carboxylic acids is 1. The number of aromatic nitrogens is 1. The van der Waals surface area contributed by atoms with E-state index in [-0.39, 0.29) is 12.3 Å². The Balaban J connectivity index is 1.66. The average molecular weight is 353 g/mol. The molecule has 1 aromatic rings. The van der Waals surface area contributed by atoms with Crippen LogP contribution < -0.4 is 15.0 Å². The van der Waals surface area contributed by atoms with Crippen LogP contribution in [0.25, 0.3) is 0 Å². The number of rotatable bonds is 9. The summed E-state index contributed by atoms with van der Waals surface area (Å²) in [5.74, 6) is 0.610. The fourth-order valence-corrected chi connectivity index (χ4v) is 2.84. The number of hydrogen-bond acceptors (Lipinski definition) is 5. The molecule has 0 spiro atoms. The molecule has 138 valence electrons. The van der Waals surface area contributed by atoms with Crippen molar-refractivity contribution in [2.24, 2.45) is 5.92 Å². The Labute approximate surface area is 150 Å². The van der Waals surface area contributed by atoms with Crippen LogP contribution in [-0.2, 0) is 4.74 Å². The van der Waals surface area contributed by atoms with Gasteiger partial charge in [-0.1, -0.05) is 0 Å². The molecule has 0 bridgehead atoms. The average Bonchev–Trinajstić information content (AvgIpc) is 3.29. The third-order valence-corrected chi connectivity index (χ3v) is 4.44. The van der Waals surface area contributed by atoms with Crippen LogP contribution >= 0.6 is 0 Å². The first kappa shape index (κ1) is 15.4. The van der Waals surface area contributed by atoms with Crippen molar-refractivity contribution in [2.45, 2.75) is 38.6 Å². The molecule has 7 heteroatoms. The van der Waals surface area contributed by atoms with Crippen molar-refractivity contribution in [2.75, 3.05) is 38.0 Å². The van der Waals surface area contributed by atoms with Gasteiger partial charge in [-0.05, 0) is 50.7 Å². The van der Waals surface area contributed by atoms with E-state index in [2.05, 4.69) is 19.9 Å². The Kier molecular flexibility index (Phi) is 5.21. The summed E-state index contributed by atoms with van der Waals surface area (Å²) in [6.07, 6.45) is 4.59. The number of alkyl halides is 1. The Morgan fingerprint density at radius 1 is 1.48 bits per heavy atom. The van der Waals surface area contributed by atoms with Gasteiger partial charge in [-0.2, -0.15) is 0 Å². The summed E-state index contributed by atoms with van der Waals surface area (Å²) in [4.78, 5) is 19.1. The monoisotopic (exact) mass is 353 g/mol. The second-order valence-corrected chi connectivity index (χ2v) is 6.73. The quantitative estimate of drug-likeness (QED) is 0.739. The molecule has 1 saturated heterocycles. The van der Waals surface area contributed by atoms with Crippen LogP contribution in [-0.4, -0.2) is 50.0 Å². The van der Waals surface area contributed by atoms with Gasteiger partial charge >= 0.3 is 0 Å². The number of carbonyl (C=O) groups is 1. The highest BCUT2D eigenvalue weighted by atomic mass is 19.1. The molecule has 6 nitrogen and oxygen atoms in total. The number of nitrogens with zero attached hydrogens (tertiary/aromatic N) is 2. The summed E-state index contributed by atoms with van der Waals surface area (Å²) >= 11 is 0. The van der Waals surface area contributed by atoms with E-state index in [0.29, 0.717) is 18.4 Å². The summed E-state index contributed by atoms with van der Waals surface area (Å²) in [6.45, 7) is 0.602. The van der Waals surface area contributed by atoms with Gasteiger partial charge in [0.05, 0.1) is 21.6 Å². The maximum Gasteiger partial charge on any atom is 0.270 e. The minimum Gasteiger partial charge on any atom is -0.476 e. The van der Waals surface area contributed by atoms with Crippen LogP contribution in [0.1, 0.15) is 45.8 Å². The zero-order valence-electron chi connectivity index (χ0n) is 16.5. The van der Waals surface area contributed by atoms with E-state index in [0.717, 1.165) is 31.6 Å². The van der Waals surface area contributed by atoms with Crippen molar-refractivity contribution >= 4 is 11.6 Å². The van der Waals surface area contributed by atoms with Crippen LogP contribution in [0.4, 0.5) is 10.1 Å². The molecule has 0 aromatic carbocycles. The lowest BCUT2D eigenvalue weighted by atomic mass is 10.2. The molecule has 1 aliphatic heterocycles. The standard InChI is InChI=1S/C18H26FN3O3/c1-13(10-24-12-19)20-17(23)15-6-7-16(22-8-2-3-9-22)18(21-15)25-11-14-4-5-14/h6-7,13-14H,2-5,8-12H2,1H3,(H,20,23)/t13-/m0/s1/i12D2. The summed E-state index contributed by atoms with van der Waals surface area (Å²) in [5.41, 5.74) is 1.12. The zero-order valence-corrected chi connectivity index (χ0v) is 14.5. The summed E-state index contributed by atoms with van der Waals surface area (Å²) in [6, 6.07) is 2.94. The lowest BCUT2D eigenvalue weighted by molar-refractivity contribution is 0.0444. The lowest BCUT2D eigenvalue weighted by Crippen LogP contribution is -2.36. The molecular weight excluding hydrogens is 325 g/mol. The number of ether oxygens (including phenoxy) is 2. The molecule has 2 fully saturated rings. The first-order chi connectivity index (χ1) is 12.8. The highest BCUT2D eigenvalue weighted by Crippen LogP contribution is 2.33. The molecule has 1 N–H and O–H groups in total. The third kappa shape index (κ3) is 5.04. The van der Waals surface area contributed by atoms with E-state index in [1.807, 2.05) is 6.07 Å². The highest BCUT2D eigenvalue weighted by molar-refractivity contribution is 5.93. The minimum atomic E-state index is -3.22. The van der Waals surface area contributed by atoms with Crippen LogP contribution in [0.3, 0.4) is 0 Å². The largest absolute Gasteiger partial charge is 0.476 e. The van der Waals surface area contributed by atoms with Crippen molar-refractivity contribution in [1.29, 1.82) is 0 Å². The van der Waals surface area contributed by atoms with Crippen molar-refractivity contribution in [3.05, 3.63) is 17.8 Å². The van der Waals surface area contributed by atoms with Gasteiger partial charge in [-0.25, -0.2) is 9.37 Å². The Morgan fingerprint density at radius 3 is 2.92 bits per heavy atom. The number of pyridine rings is 1. The maximum absolute atomic E-state index is 12.8. The predicted octanol–water partition coefficient (Wildman–Crippen LogP) is 2.53. The molecular formula is C18H26FN3O3. The zero-order chi connectivity index (χ0) is 19.4. The normalized spacial score (nSPS) is 20.0. The van der Waals surface area contributed by atoms with Gasteiger partial charge in [0, 0.05) is 19.1 Å². The van der Waals surface area contributed by atoms with Crippen LogP contribution in [0.5, 0.6) is 5.88 Å². The third-order valence-electron chi connectivity index (χ3n) is 4.44. The van der Waals surface area contributed by atoms with Crippen molar-refractivity contribution in [3.8, 4) is 5.88 Å². The summed E-state index contributed by atoms with van der Waals surface area (Å²) in [5, 5.41) is 2.63. The Hall–Kier alpha value is -1.89. The minimum absolute atomic E-state index is 0.207. The Morgan fingerprint density at radius 2 is 2.24 bits per heavy atom. The second kappa shape index (κ2) is 8.47. The van der Waals surface area contributed by atoms with Gasteiger partial charge < -0.3 is 19.7 Å². The SMILES string of the molecule is [2H]C([2H])(F)OC[C@H](C)NC(=O)c1ccc(N2CCCC2)c(OCC2CC2)n1. The molecule has 1 saturated carbocycles. The first-order valence-electron chi connectivity index (χ1n) is 9.84. The van der Waals surface area contributed by atoms with E-state index in [9.17, 15) is 9.18 Å². The van der Waals surface area contributed by atoms with E-state index in [1.54, 1.807) is 13.0 Å². The van der Waals surface area contributed by atoms with Gasteiger partial charge in [0.1, 0.15) is 5.69 Å². The van der Waals surface area contributed by atoms with Crippen molar-refractivity contribution in [1.82, 2.24) is 10.3 Å². The smallest absolute Gasteiger partial charge is 0.270 e. The molecule has 1 aromatic heterocycles. The number of halogens is 1. The van der Waals surface area contributed by atoms with E-state index < -0.39 is 18.8 Å². The fraction of sp³-hybridized carbons (Fsp3) is 0.667. The van der Waals surface area contributed by atoms with Crippen LogP contribution in [0, 0.1) is 5.92 Å². The van der Waals surface area contributed by atoms with Crippen molar-refractivity contribution in [3.63, 3.8) is 0 Å². The predicted molar refractivity (Wildman–Crippen MR) is 92.8 cm³/mol. The van der Waals surface area contributed by atoms with Crippen LogP contribution in [0.2, 0.25) is 0 Å². The molecule has 1 atom stereocenters. The van der Waals surface area contributed by atoms with Gasteiger partial charge in [-0.3, -0.25) is 4.79 Å². The van der Waals surface area contributed by atoms with E-state index in [4.69, 9.17) is 7.48 Å². The second-order valence-electron chi connectivity index (χ2n) is 6.73. The van der Waals surface area contributed by atoms with Gasteiger partial charge in [-0.15, -0.1) is 0 Å². The number of amides is 1. The fourth-order valence-electron chi connectivity index (χ4n) is 2.84. The van der Waals surface area contributed by atoms with Gasteiger partial charge in [0.25, 0.3) is 5.91 Å². The molecule has 2 aliphatic rings. The Bertz CT molecular complexity index is 662. The maximum atomic E-state index is 12.8. The molecule has 3 rings (SSSR count). The topological polar surface area (TPSA) is 63.7 Å². The number of hydrogen-bond donors (Lipinski definition) is 1. The summed E-state index contributed by atoms with van der Waals surface area (Å²) < 4.78 is 36.5. The highest BCUT2D eigenvalue weighted by Gasteiger charge is 2.25. The number of nitrogens with one attached hydrogen (secondary N) is 1. The molecule has 1 aliphatic carbocycles. The summed E-state index contributed by atoms with van der Waals surface area (Å²) in [7, 11) is 0. The lowest BCUT2D eigenvalue weighted by Gasteiger charge is -2.21. The number of anilines is 1. The van der Waals surface area contributed by atoms with E-state index >= 15 is 0 Å². The van der Waals surface area contributed by atoms with Crippen LogP contribution in [0.15, 0.2) is 12.1 Å². The molecule has 25 heavy (non-hydrogen) atoms.